The Morgan fingerprint density at radius 3 is 2.60 bits per heavy atom. The Balaban J connectivity index is 2.31. The zero-order valence-corrected chi connectivity index (χ0v) is 9.54. The third-order valence-electron chi connectivity index (χ3n) is 2.11. The molecule has 0 saturated heterocycles. The molecule has 1 aliphatic carbocycles. The van der Waals surface area contributed by atoms with Crippen molar-refractivity contribution >= 4 is 6.09 Å². The first kappa shape index (κ1) is 11.8. The normalized spacial score (nSPS) is 17.7. The van der Waals surface area contributed by atoms with Crippen molar-refractivity contribution in [3.63, 3.8) is 0 Å². The molecule has 1 aliphatic rings. The van der Waals surface area contributed by atoms with Gasteiger partial charge >= 0.3 is 6.09 Å². The van der Waals surface area contributed by atoms with E-state index in [0.29, 0.717) is 12.3 Å². The summed E-state index contributed by atoms with van der Waals surface area (Å²) >= 11 is 0. The quantitative estimate of drug-likeness (QED) is 0.776. The fourth-order valence-electron chi connectivity index (χ4n) is 1.25. The summed E-state index contributed by atoms with van der Waals surface area (Å²) in [5, 5.41) is 11.5. The fourth-order valence-corrected chi connectivity index (χ4v) is 1.25. The van der Waals surface area contributed by atoms with Gasteiger partial charge in [0.1, 0.15) is 6.07 Å². The Morgan fingerprint density at radius 2 is 2.20 bits per heavy atom. The molecular formula is C11H18N2O2. The van der Waals surface area contributed by atoms with E-state index in [1.807, 2.05) is 26.8 Å². The first-order chi connectivity index (χ1) is 6.90. The Kier molecular flexibility index (Phi) is 3.57. The minimum absolute atomic E-state index is 0.323. The molecule has 1 amide bonds. The van der Waals surface area contributed by atoms with Gasteiger partial charge < -0.3 is 10.1 Å². The van der Waals surface area contributed by atoms with E-state index >= 15 is 0 Å². The van der Waals surface area contributed by atoms with Gasteiger partial charge in [0.25, 0.3) is 0 Å². The van der Waals surface area contributed by atoms with Crippen LogP contribution in [0.5, 0.6) is 0 Å². The highest BCUT2D eigenvalue weighted by atomic mass is 16.6. The minimum atomic E-state index is -0.597. The van der Waals surface area contributed by atoms with Crippen LogP contribution in [0.1, 0.15) is 40.0 Å². The number of alkyl carbamates (subject to hydrolysis) is 1. The molecule has 0 aromatic rings. The Hall–Kier alpha value is -1.24. The molecule has 0 radical (unpaired) electrons. The van der Waals surface area contributed by atoms with E-state index in [-0.39, 0.29) is 5.54 Å². The van der Waals surface area contributed by atoms with Crippen LogP contribution < -0.4 is 5.32 Å². The van der Waals surface area contributed by atoms with Crippen molar-refractivity contribution in [1.82, 2.24) is 5.32 Å². The third-order valence-corrected chi connectivity index (χ3v) is 2.11. The highest BCUT2D eigenvalue weighted by Crippen LogP contribution is 2.34. The molecule has 0 aromatic heterocycles. The summed E-state index contributed by atoms with van der Waals surface area (Å²) in [6.07, 6.45) is 1.88. The number of nitriles is 1. The molecule has 0 aromatic carbocycles. The molecule has 1 saturated carbocycles. The predicted octanol–water partition coefficient (Wildman–Crippen LogP) is 2.20. The van der Waals surface area contributed by atoms with Crippen molar-refractivity contribution in [2.75, 3.05) is 0 Å². The molecule has 0 aliphatic heterocycles. The average molecular weight is 210 g/mol. The van der Waals surface area contributed by atoms with Crippen LogP contribution in [0.25, 0.3) is 0 Å². The van der Waals surface area contributed by atoms with Crippen molar-refractivity contribution in [3.05, 3.63) is 0 Å². The molecule has 15 heavy (non-hydrogen) atoms. The molecule has 1 atom stereocenters. The van der Waals surface area contributed by atoms with Crippen molar-refractivity contribution < 1.29 is 9.53 Å². The maximum absolute atomic E-state index is 11.3. The van der Waals surface area contributed by atoms with Gasteiger partial charge in [-0.05, 0) is 26.7 Å². The average Bonchev–Trinajstić information content (AvgIpc) is 2.83. The minimum Gasteiger partial charge on any atom is -0.431 e. The number of amides is 1. The summed E-state index contributed by atoms with van der Waals surface area (Å²) in [6, 6.07) is 2.01. The predicted molar refractivity (Wildman–Crippen MR) is 56.1 cm³/mol. The number of nitrogens with one attached hydrogen (secondary N) is 1. The van der Waals surface area contributed by atoms with Crippen molar-refractivity contribution in [3.8, 4) is 6.07 Å². The first-order valence-corrected chi connectivity index (χ1v) is 5.29. The lowest BCUT2D eigenvalue weighted by molar-refractivity contribution is 0.109. The summed E-state index contributed by atoms with van der Waals surface area (Å²) in [5.74, 6) is 0.581. The van der Waals surface area contributed by atoms with Crippen LogP contribution in [-0.4, -0.2) is 17.7 Å². The molecule has 1 unspecified atom stereocenters. The summed E-state index contributed by atoms with van der Waals surface area (Å²) in [4.78, 5) is 11.3. The van der Waals surface area contributed by atoms with E-state index in [1.165, 1.54) is 0 Å². The molecule has 4 heteroatoms. The SMILES string of the molecule is CC(C)(C)NC(=O)OC(C#N)CC1CC1. The van der Waals surface area contributed by atoms with Crippen LogP contribution >= 0.6 is 0 Å². The topological polar surface area (TPSA) is 62.1 Å². The van der Waals surface area contributed by atoms with Gasteiger partial charge in [-0.15, -0.1) is 0 Å². The number of carbonyl (C=O) groups is 1. The zero-order chi connectivity index (χ0) is 11.5. The Bertz CT molecular complexity index is 271. The molecule has 0 bridgehead atoms. The van der Waals surface area contributed by atoms with Crippen LogP contribution in [0.2, 0.25) is 0 Å². The van der Waals surface area contributed by atoms with E-state index in [2.05, 4.69) is 5.32 Å². The first-order valence-electron chi connectivity index (χ1n) is 5.29. The van der Waals surface area contributed by atoms with Crippen LogP contribution in [0.15, 0.2) is 0 Å². The van der Waals surface area contributed by atoms with Crippen LogP contribution in [0, 0.1) is 17.2 Å². The maximum atomic E-state index is 11.3. The lowest BCUT2D eigenvalue weighted by Gasteiger charge is -2.21. The number of nitrogens with zero attached hydrogens (tertiary/aromatic N) is 1. The monoisotopic (exact) mass is 210 g/mol. The number of hydrogen-bond acceptors (Lipinski definition) is 3. The highest BCUT2D eigenvalue weighted by Gasteiger charge is 2.28. The van der Waals surface area contributed by atoms with Crippen molar-refractivity contribution in [2.45, 2.75) is 51.7 Å². The van der Waals surface area contributed by atoms with Crippen molar-refractivity contribution in [1.29, 1.82) is 5.26 Å². The second-order valence-electron chi connectivity index (χ2n) is 5.08. The molecule has 4 nitrogen and oxygen atoms in total. The molecule has 1 rings (SSSR count). The largest absolute Gasteiger partial charge is 0.431 e. The van der Waals surface area contributed by atoms with Gasteiger partial charge in [-0.1, -0.05) is 12.8 Å². The van der Waals surface area contributed by atoms with Crippen LogP contribution in [0.3, 0.4) is 0 Å². The number of ether oxygens (including phenoxy) is 1. The Morgan fingerprint density at radius 1 is 1.60 bits per heavy atom. The van der Waals surface area contributed by atoms with Gasteiger partial charge in [-0.2, -0.15) is 5.26 Å². The number of rotatable bonds is 3. The van der Waals surface area contributed by atoms with Gasteiger partial charge in [0.15, 0.2) is 6.10 Å². The molecular weight excluding hydrogens is 192 g/mol. The molecule has 0 heterocycles. The number of hydrogen-bond donors (Lipinski definition) is 1. The van der Waals surface area contributed by atoms with Gasteiger partial charge in [0.2, 0.25) is 0 Å². The molecule has 1 N–H and O–H groups in total. The van der Waals surface area contributed by atoms with E-state index in [0.717, 1.165) is 12.8 Å². The molecule has 0 spiro atoms. The van der Waals surface area contributed by atoms with Gasteiger partial charge in [0, 0.05) is 12.0 Å². The second-order valence-corrected chi connectivity index (χ2v) is 5.08. The van der Waals surface area contributed by atoms with Crippen LogP contribution in [-0.2, 0) is 4.74 Å². The maximum Gasteiger partial charge on any atom is 0.408 e. The Labute approximate surface area is 90.6 Å². The molecule has 84 valence electrons. The lowest BCUT2D eigenvalue weighted by atomic mass is 10.1. The van der Waals surface area contributed by atoms with E-state index in [4.69, 9.17) is 10.00 Å². The summed E-state index contributed by atoms with van der Waals surface area (Å²) in [7, 11) is 0. The number of carbonyl (C=O) groups excluding carboxylic acids is 1. The fraction of sp³-hybridized carbons (Fsp3) is 0.818. The van der Waals surface area contributed by atoms with Gasteiger partial charge in [-0.25, -0.2) is 4.79 Å². The summed E-state index contributed by atoms with van der Waals surface area (Å²) in [5.41, 5.74) is -0.323. The van der Waals surface area contributed by atoms with Gasteiger partial charge in [-0.3, -0.25) is 0 Å². The van der Waals surface area contributed by atoms with E-state index in [9.17, 15) is 4.79 Å². The smallest absolute Gasteiger partial charge is 0.408 e. The van der Waals surface area contributed by atoms with E-state index in [1.54, 1.807) is 0 Å². The molecule has 1 fully saturated rings. The standard InChI is InChI=1S/C11H18N2O2/c1-11(2,3)13-10(14)15-9(7-12)6-8-4-5-8/h8-9H,4-6H2,1-3H3,(H,13,14). The van der Waals surface area contributed by atoms with Crippen molar-refractivity contribution in [2.24, 2.45) is 5.92 Å². The second kappa shape index (κ2) is 4.52. The highest BCUT2D eigenvalue weighted by molar-refractivity contribution is 5.68. The summed E-state index contributed by atoms with van der Waals surface area (Å²) < 4.78 is 5.02. The zero-order valence-electron chi connectivity index (χ0n) is 9.54. The van der Waals surface area contributed by atoms with Gasteiger partial charge in [0.05, 0.1) is 0 Å². The third kappa shape index (κ3) is 5.26. The summed E-state index contributed by atoms with van der Waals surface area (Å²) in [6.45, 7) is 5.61. The van der Waals surface area contributed by atoms with Crippen LogP contribution in [0.4, 0.5) is 4.79 Å². The van der Waals surface area contributed by atoms with E-state index < -0.39 is 12.2 Å². The lowest BCUT2D eigenvalue weighted by Crippen LogP contribution is -2.42.